The van der Waals surface area contributed by atoms with Crippen molar-refractivity contribution in [3.63, 3.8) is 0 Å². The molecule has 9 nitrogen and oxygen atoms in total. The maximum absolute atomic E-state index is 11.8. The molecule has 1 saturated carbocycles. The number of esters is 1. The lowest BCUT2D eigenvalue weighted by Crippen LogP contribution is -2.49. The van der Waals surface area contributed by atoms with E-state index in [4.69, 9.17) is 14.2 Å². The molecule has 0 radical (unpaired) electrons. The molecule has 0 unspecified atom stereocenters. The molecule has 1 saturated heterocycles. The molecule has 40 heavy (non-hydrogen) atoms. The summed E-state index contributed by atoms with van der Waals surface area (Å²) in [5, 5.41) is 4.29. The largest absolute Gasteiger partial charge is 0.489 e. The zero-order valence-corrected chi connectivity index (χ0v) is 24.7. The quantitative estimate of drug-likeness (QED) is 0.275. The molecule has 214 valence electrons. The average Bonchev–Trinajstić information content (AvgIpc) is 3.47. The van der Waals surface area contributed by atoms with Gasteiger partial charge in [0.1, 0.15) is 18.8 Å². The third-order valence-corrected chi connectivity index (χ3v) is 8.02. The highest BCUT2D eigenvalue weighted by Gasteiger charge is 2.21. The van der Waals surface area contributed by atoms with Crippen LogP contribution in [0.4, 0.5) is 11.5 Å². The van der Waals surface area contributed by atoms with Gasteiger partial charge in [0, 0.05) is 54.3 Å². The first-order valence-corrected chi connectivity index (χ1v) is 15.0. The van der Waals surface area contributed by atoms with Crippen LogP contribution in [0.1, 0.15) is 32.6 Å². The van der Waals surface area contributed by atoms with Gasteiger partial charge in [-0.25, -0.2) is 9.97 Å². The minimum atomic E-state index is -0.154. The van der Waals surface area contributed by atoms with Gasteiger partial charge in [-0.15, -0.1) is 0 Å². The topological polar surface area (TPSA) is 89.1 Å². The van der Waals surface area contributed by atoms with Gasteiger partial charge in [0.15, 0.2) is 11.5 Å². The van der Waals surface area contributed by atoms with Crippen LogP contribution in [0.25, 0.3) is 10.9 Å². The van der Waals surface area contributed by atoms with E-state index in [0.29, 0.717) is 43.9 Å². The number of carbonyl (C=O) groups is 1. The summed E-state index contributed by atoms with van der Waals surface area (Å²) in [5.41, 5.74) is 1.74. The second kappa shape index (κ2) is 14.1. The van der Waals surface area contributed by atoms with Crippen LogP contribution in [0.5, 0.6) is 11.5 Å². The van der Waals surface area contributed by atoms with Crippen molar-refractivity contribution in [3.8, 4) is 11.5 Å². The predicted molar refractivity (Wildman–Crippen MR) is 159 cm³/mol. The Balaban J connectivity index is 1.27. The van der Waals surface area contributed by atoms with Crippen molar-refractivity contribution in [2.75, 3.05) is 64.4 Å². The van der Waals surface area contributed by atoms with Crippen molar-refractivity contribution < 1.29 is 19.0 Å². The first-order chi connectivity index (χ1) is 19.6. The van der Waals surface area contributed by atoms with E-state index in [1.165, 1.54) is 25.7 Å². The van der Waals surface area contributed by atoms with Gasteiger partial charge in [-0.3, -0.25) is 14.6 Å². The Bertz CT molecular complexity index is 1280. The van der Waals surface area contributed by atoms with Crippen LogP contribution in [0, 0.1) is 5.92 Å². The summed E-state index contributed by atoms with van der Waals surface area (Å²) in [6.07, 6.45) is 6.56. The number of halogens is 1. The molecule has 1 aliphatic carbocycles. The zero-order valence-electron chi connectivity index (χ0n) is 23.1. The molecule has 2 heterocycles. The van der Waals surface area contributed by atoms with E-state index < -0.39 is 0 Å². The molecular weight excluding hydrogens is 574 g/mol. The van der Waals surface area contributed by atoms with E-state index in [2.05, 4.69) is 41.0 Å². The van der Waals surface area contributed by atoms with Gasteiger partial charge in [0.25, 0.3) is 0 Å². The SMILES string of the molecule is CCOC(=O)CN1CCN(CCOc2cc3c(Nc4cccc(Br)c4)ncnc3cc2OCC2CCCC2)CC1. The third-order valence-electron chi connectivity index (χ3n) is 7.53. The molecule has 10 heteroatoms. The maximum atomic E-state index is 11.8. The van der Waals surface area contributed by atoms with Crippen molar-refractivity contribution in [3.05, 3.63) is 47.2 Å². The number of hydrogen-bond donors (Lipinski definition) is 1. The predicted octanol–water partition coefficient (Wildman–Crippen LogP) is 5.26. The van der Waals surface area contributed by atoms with E-state index >= 15 is 0 Å². The first kappa shape index (κ1) is 28.6. The fourth-order valence-electron chi connectivity index (χ4n) is 5.32. The van der Waals surface area contributed by atoms with Crippen LogP contribution in [0.2, 0.25) is 0 Å². The number of benzene rings is 2. The first-order valence-electron chi connectivity index (χ1n) is 14.2. The number of fused-ring (bicyclic) bond motifs is 1. The minimum Gasteiger partial charge on any atom is -0.489 e. The van der Waals surface area contributed by atoms with Crippen molar-refractivity contribution in [2.45, 2.75) is 32.6 Å². The summed E-state index contributed by atoms with van der Waals surface area (Å²) in [5.74, 6) is 2.59. The average molecular weight is 613 g/mol. The number of piperazine rings is 1. The van der Waals surface area contributed by atoms with Crippen molar-refractivity contribution in [1.29, 1.82) is 0 Å². The Morgan fingerprint density at radius 2 is 1.80 bits per heavy atom. The number of rotatable bonds is 12. The lowest BCUT2D eigenvalue weighted by atomic mass is 10.1. The van der Waals surface area contributed by atoms with Gasteiger partial charge in [-0.05, 0) is 49.9 Å². The second-order valence-electron chi connectivity index (χ2n) is 10.4. The Hall–Kier alpha value is -2.95. The Labute approximate surface area is 244 Å². The van der Waals surface area contributed by atoms with Crippen LogP contribution < -0.4 is 14.8 Å². The molecule has 0 atom stereocenters. The Morgan fingerprint density at radius 1 is 1.02 bits per heavy atom. The second-order valence-corrected chi connectivity index (χ2v) is 11.3. The van der Waals surface area contributed by atoms with E-state index in [0.717, 1.165) is 59.5 Å². The number of nitrogens with zero attached hydrogens (tertiary/aromatic N) is 4. The number of anilines is 2. The fraction of sp³-hybridized carbons (Fsp3) is 0.500. The van der Waals surface area contributed by atoms with E-state index in [9.17, 15) is 4.79 Å². The van der Waals surface area contributed by atoms with E-state index in [-0.39, 0.29) is 5.97 Å². The standard InChI is InChI=1S/C30H38BrN5O4/c1-2-38-29(37)19-36-12-10-35(11-13-36)14-15-39-27-17-25-26(18-28(27)40-20-22-6-3-4-7-22)32-21-33-30(25)34-24-9-5-8-23(31)16-24/h5,8-9,16-18,21-22H,2-4,6-7,10-15,19-20H2,1H3,(H,32,33,34). The van der Waals surface area contributed by atoms with Gasteiger partial charge in [0.2, 0.25) is 0 Å². The molecule has 2 aliphatic rings. The van der Waals surface area contributed by atoms with Gasteiger partial charge < -0.3 is 19.5 Å². The minimum absolute atomic E-state index is 0.154. The van der Waals surface area contributed by atoms with Gasteiger partial charge in [-0.1, -0.05) is 34.8 Å². The van der Waals surface area contributed by atoms with E-state index in [1.54, 1.807) is 6.33 Å². The van der Waals surface area contributed by atoms with Crippen LogP contribution in [0.15, 0.2) is 47.2 Å². The number of nitrogens with one attached hydrogen (secondary N) is 1. The van der Waals surface area contributed by atoms with Gasteiger partial charge in [0.05, 0.1) is 25.3 Å². The molecule has 2 fully saturated rings. The molecule has 0 spiro atoms. The van der Waals surface area contributed by atoms with Crippen LogP contribution in [-0.4, -0.2) is 84.8 Å². The molecule has 1 aromatic heterocycles. The number of aromatic nitrogens is 2. The molecule has 0 bridgehead atoms. The normalized spacial score (nSPS) is 16.8. The van der Waals surface area contributed by atoms with Crippen LogP contribution >= 0.6 is 15.9 Å². The van der Waals surface area contributed by atoms with Crippen LogP contribution in [-0.2, 0) is 9.53 Å². The number of carbonyl (C=O) groups excluding carboxylic acids is 1. The molecular formula is C30H38BrN5O4. The Morgan fingerprint density at radius 3 is 2.58 bits per heavy atom. The molecule has 2 aromatic carbocycles. The summed E-state index contributed by atoms with van der Waals surface area (Å²) < 4.78 is 18.8. The number of ether oxygens (including phenoxy) is 3. The smallest absolute Gasteiger partial charge is 0.320 e. The highest BCUT2D eigenvalue weighted by Crippen LogP contribution is 2.36. The van der Waals surface area contributed by atoms with Gasteiger partial charge >= 0.3 is 5.97 Å². The molecule has 5 rings (SSSR count). The highest BCUT2D eigenvalue weighted by molar-refractivity contribution is 9.10. The summed E-state index contributed by atoms with van der Waals surface area (Å²) >= 11 is 3.54. The zero-order chi connectivity index (χ0) is 27.7. The highest BCUT2D eigenvalue weighted by atomic mass is 79.9. The molecule has 1 N–H and O–H groups in total. The van der Waals surface area contributed by atoms with Crippen LogP contribution in [0.3, 0.4) is 0 Å². The maximum Gasteiger partial charge on any atom is 0.320 e. The van der Waals surface area contributed by atoms with Crippen molar-refractivity contribution in [1.82, 2.24) is 19.8 Å². The summed E-state index contributed by atoms with van der Waals surface area (Å²) in [6, 6.07) is 12.0. The third kappa shape index (κ3) is 7.83. The molecule has 0 amide bonds. The summed E-state index contributed by atoms with van der Waals surface area (Å²) in [4.78, 5) is 25.4. The monoisotopic (exact) mass is 611 g/mol. The summed E-state index contributed by atoms with van der Waals surface area (Å²) in [6.45, 7) is 8.09. The number of hydrogen-bond acceptors (Lipinski definition) is 9. The lowest BCUT2D eigenvalue weighted by Gasteiger charge is -2.33. The van der Waals surface area contributed by atoms with E-state index in [1.807, 2.05) is 43.3 Å². The Kier molecular flexibility index (Phi) is 10.1. The molecule has 1 aliphatic heterocycles. The fourth-order valence-corrected chi connectivity index (χ4v) is 5.72. The van der Waals surface area contributed by atoms with Crippen molar-refractivity contribution >= 4 is 44.3 Å². The lowest BCUT2D eigenvalue weighted by molar-refractivity contribution is -0.144. The van der Waals surface area contributed by atoms with Gasteiger partial charge in [-0.2, -0.15) is 0 Å². The summed E-state index contributed by atoms with van der Waals surface area (Å²) in [7, 11) is 0. The van der Waals surface area contributed by atoms with Crippen molar-refractivity contribution in [2.24, 2.45) is 5.92 Å². The molecule has 3 aromatic rings.